The zero-order valence-corrected chi connectivity index (χ0v) is 9.40. The van der Waals surface area contributed by atoms with Gasteiger partial charge < -0.3 is 19.3 Å². The maximum absolute atomic E-state index is 9.68. The second-order valence-electron chi connectivity index (χ2n) is 3.15. The van der Waals surface area contributed by atoms with Crippen molar-refractivity contribution in [3.8, 4) is 17.2 Å². The van der Waals surface area contributed by atoms with E-state index in [2.05, 4.69) is 0 Å². The quantitative estimate of drug-likeness (QED) is 0.830. The van der Waals surface area contributed by atoms with Crippen molar-refractivity contribution in [3.05, 3.63) is 17.7 Å². The number of phenols is 1. The maximum atomic E-state index is 9.68. The number of hydrogen-bond acceptors (Lipinski definition) is 4. The van der Waals surface area contributed by atoms with Crippen LogP contribution in [0.25, 0.3) is 0 Å². The van der Waals surface area contributed by atoms with Crippen LogP contribution in [0, 0.1) is 0 Å². The van der Waals surface area contributed by atoms with Gasteiger partial charge in [0.15, 0.2) is 11.5 Å². The first-order valence-corrected chi connectivity index (χ1v) is 4.61. The van der Waals surface area contributed by atoms with E-state index in [4.69, 9.17) is 14.2 Å². The van der Waals surface area contributed by atoms with Crippen LogP contribution in [0.15, 0.2) is 12.1 Å². The van der Waals surface area contributed by atoms with Gasteiger partial charge in [-0.15, -0.1) is 0 Å². The monoisotopic (exact) mass is 212 g/mol. The third-order valence-electron chi connectivity index (χ3n) is 2.33. The summed E-state index contributed by atoms with van der Waals surface area (Å²) in [4.78, 5) is 0. The van der Waals surface area contributed by atoms with E-state index in [9.17, 15) is 5.11 Å². The number of phenolic OH excluding ortho intramolecular Hbond substituents is 1. The zero-order chi connectivity index (χ0) is 11.4. The summed E-state index contributed by atoms with van der Waals surface area (Å²) >= 11 is 0. The Morgan fingerprint density at radius 2 is 1.53 bits per heavy atom. The molecule has 0 saturated heterocycles. The van der Waals surface area contributed by atoms with Crippen molar-refractivity contribution in [2.75, 3.05) is 21.3 Å². The summed E-state index contributed by atoms with van der Waals surface area (Å²) in [7, 11) is 4.61. The van der Waals surface area contributed by atoms with Crippen LogP contribution < -0.4 is 9.47 Å². The summed E-state index contributed by atoms with van der Waals surface area (Å²) in [6, 6.07) is 3.46. The fourth-order valence-electron chi connectivity index (χ4n) is 1.28. The van der Waals surface area contributed by atoms with Crippen LogP contribution in [0.5, 0.6) is 17.2 Å². The molecule has 0 aromatic heterocycles. The van der Waals surface area contributed by atoms with Crippen molar-refractivity contribution in [1.82, 2.24) is 0 Å². The van der Waals surface area contributed by atoms with Crippen LogP contribution in [-0.4, -0.2) is 26.4 Å². The van der Waals surface area contributed by atoms with E-state index in [1.165, 1.54) is 14.2 Å². The average molecular weight is 212 g/mol. The van der Waals surface area contributed by atoms with E-state index in [-0.39, 0.29) is 11.9 Å². The molecule has 15 heavy (non-hydrogen) atoms. The lowest BCUT2D eigenvalue weighted by Crippen LogP contribution is -1.98. The molecule has 0 heterocycles. The Bertz CT molecular complexity index is 310. The molecule has 0 aliphatic rings. The molecule has 1 aromatic carbocycles. The molecule has 1 rings (SSSR count). The van der Waals surface area contributed by atoms with Gasteiger partial charge in [-0.25, -0.2) is 0 Å². The van der Waals surface area contributed by atoms with Gasteiger partial charge in [-0.05, 0) is 24.6 Å². The molecule has 0 saturated carbocycles. The van der Waals surface area contributed by atoms with Gasteiger partial charge >= 0.3 is 0 Å². The van der Waals surface area contributed by atoms with Gasteiger partial charge in [0.1, 0.15) is 0 Å². The van der Waals surface area contributed by atoms with Crippen LogP contribution in [0.3, 0.4) is 0 Å². The van der Waals surface area contributed by atoms with Crippen molar-refractivity contribution in [2.45, 2.75) is 13.0 Å². The lowest BCUT2D eigenvalue weighted by atomic mass is 10.1. The SMILES string of the molecule is COc1cc([C@@H](C)OC)cc(OC)c1O. The third kappa shape index (κ3) is 2.33. The van der Waals surface area contributed by atoms with Crippen molar-refractivity contribution >= 4 is 0 Å². The molecule has 4 nitrogen and oxygen atoms in total. The topological polar surface area (TPSA) is 47.9 Å². The Morgan fingerprint density at radius 3 is 1.87 bits per heavy atom. The van der Waals surface area contributed by atoms with E-state index in [0.29, 0.717) is 11.5 Å². The second-order valence-corrected chi connectivity index (χ2v) is 3.15. The molecular weight excluding hydrogens is 196 g/mol. The molecule has 0 fully saturated rings. The van der Waals surface area contributed by atoms with Crippen LogP contribution in [0.4, 0.5) is 0 Å². The van der Waals surface area contributed by atoms with Gasteiger partial charge in [0, 0.05) is 7.11 Å². The van der Waals surface area contributed by atoms with Gasteiger partial charge in [0.2, 0.25) is 5.75 Å². The second kappa shape index (κ2) is 4.89. The zero-order valence-electron chi connectivity index (χ0n) is 9.40. The van der Waals surface area contributed by atoms with Gasteiger partial charge in [-0.2, -0.15) is 0 Å². The molecule has 0 aliphatic carbocycles. The number of aromatic hydroxyl groups is 1. The number of benzene rings is 1. The van der Waals surface area contributed by atoms with Crippen LogP contribution in [-0.2, 0) is 4.74 Å². The largest absolute Gasteiger partial charge is 0.502 e. The van der Waals surface area contributed by atoms with Crippen molar-refractivity contribution in [2.24, 2.45) is 0 Å². The summed E-state index contributed by atoms with van der Waals surface area (Å²) in [6.07, 6.45) is -0.0756. The molecule has 0 unspecified atom stereocenters. The smallest absolute Gasteiger partial charge is 0.200 e. The number of hydrogen-bond donors (Lipinski definition) is 1. The first kappa shape index (κ1) is 11.7. The minimum Gasteiger partial charge on any atom is -0.502 e. The van der Waals surface area contributed by atoms with Crippen LogP contribution in [0.2, 0.25) is 0 Å². The number of ether oxygens (including phenoxy) is 3. The van der Waals surface area contributed by atoms with E-state index in [1.807, 2.05) is 6.92 Å². The summed E-state index contributed by atoms with van der Waals surface area (Å²) in [5, 5.41) is 9.68. The highest BCUT2D eigenvalue weighted by molar-refractivity contribution is 5.53. The molecule has 0 radical (unpaired) electrons. The van der Waals surface area contributed by atoms with E-state index >= 15 is 0 Å². The van der Waals surface area contributed by atoms with E-state index in [1.54, 1.807) is 19.2 Å². The van der Waals surface area contributed by atoms with Crippen molar-refractivity contribution in [1.29, 1.82) is 0 Å². The van der Waals surface area contributed by atoms with E-state index < -0.39 is 0 Å². The summed E-state index contributed by atoms with van der Waals surface area (Å²) in [6.45, 7) is 1.91. The Balaban J connectivity index is 3.20. The normalized spacial score (nSPS) is 12.3. The Hall–Kier alpha value is -1.42. The van der Waals surface area contributed by atoms with Crippen LogP contribution in [0.1, 0.15) is 18.6 Å². The van der Waals surface area contributed by atoms with Gasteiger partial charge in [-0.1, -0.05) is 0 Å². The molecule has 0 amide bonds. The highest BCUT2D eigenvalue weighted by Gasteiger charge is 2.14. The number of methoxy groups -OCH3 is 3. The Kier molecular flexibility index (Phi) is 3.80. The molecule has 84 valence electrons. The molecule has 4 heteroatoms. The molecule has 0 bridgehead atoms. The summed E-state index contributed by atoms with van der Waals surface area (Å²) in [5.74, 6) is 0.772. The predicted octanol–water partition coefficient (Wildman–Crippen LogP) is 2.12. The van der Waals surface area contributed by atoms with Gasteiger partial charge in [0.05, 0.1) is 20.3 Å². The Morgan fingerprint density at radius 1 is 1.07 bits per heavy atom. The standard InChI is InChI=1S/C11H16O4/c1-7(13-2)8-5-9(14-3)11(12)10(6-8)15-4/h5-7,12H,1-4H3/t7-/m1/s1. The highest BCUT2D eigenvalue weighted by Crippen LogP contribution is 2.38. The highest BCUT2D eigenvalue weighted by atomic mass is 16.5. The first-order valence-electron chi connectivity index (χ1n) is 4.61. The third-order valence-corrected chi connectivity index (χ3v) is 2.33. The molecule has 0 spiro atoms. The van der Waals surface area contributed by atoms with Crippen LogP contribution >= 0.6 is 0 Å². The molecule has 0 aliphatic heterocycles. The number of rotatable bonds is 4. The van der Waals surface area contributed by atoms with E-state index in [0.717, 1.165) is 5.56 Å². The minimum absolute atomic E-state index is 0.00653. The lowest BCUT2D eigenvalue weighted by molar-refractivity contribution is 0.119. The fourth-order valence-corrected chi connectivity index (χ4v) is 1.28. The van der Waals surface area contributed by atoms with Gasteiger partial charge in [0.25, 0.3) is 0 Å². The van der Waals surface area contributed by atoms with Gasteiger partial charge in [-0.3, -0.25) is 0 Å². The summed E-state index contributed by atoms with van der Waals surface area (Å²) < 4.78 is 15.3. The molecule has 1 aromatic rings. The minimum atomic E-state index is -0.0756. The van der Waals surface area contributed by atoms with Crippen molar-refractivity contribution in [3.63, 3.8) is 0 Å². The lowest BCUT2D eigenvalue weighted by Gasteiger charge is -2.14. The molecule has 1 N–H and O–H groups in total. The van der Waals surface area contributed by atoms with Crippen molar-refractivity contribution < 1.29 is 19.3 Å². The average Bonchev–Trinajstić information content (AvgIpc) is 2.28. The molecule has 1 atom stereocenters. The molecular formula is C11H16O4. The maximum Gasteiger partial charge on any atom is 0.200 e. The predicted molar refractivity (Wildman–Crippen MR) is 56.6 cm³/mol. The Labute approximate surface area is 89.4 Å². The summed E-state index contributed by atoms with van der Waals surface area (Å²) in [5.41, 5.74) is 0.893. The fraction of sp³-hybridized carbons (Fsp3) is 0.455. The first-order chi connectivity index (χ1) is 7.13.